The molecule has 4 nitrogen and oxygen atoms in total. The van der Waals surface area contributed by atoms with E-state index in [9.17, 15) is 0 Å². The molecule has 1 aromatic heterocycles. The third-order valence-electron chi connectivity index (χ3n) is 4.56. The number of aromatic nitrogens is 2. The molecule has 0 aliphatic rings. The number of aryl methyl sites for hydroxylation is 3. The molecule has 1 heterocycles. The molecule has 0 aliphatic heterocycles. The average Bonchev–Trinajstić information content (AvgIpc) is 2.86. The van der Waals surface area contributed by atoms with Crippen LogP contribution in [0.4, 0.5) is 11.4 Å². The number of rotatable bonds is 4. The zero-order valence-electron chi connectivity index (χ0n) is 15.6. The average molecular weight is 365 g/mol. The van der Waals surface area contributed by atoms with Crippen molar-refractivity contribution in [3.05, 3.63) is 76.6 Å². The highest BCUT2D eigenvalue weighted by Gasteiger charge is 2.13. The first-order valence-electron chi connectivity index (χ1n) is 8.67. The van der Waals surface area contributed by atoms with Gasteiger partial charge in [-0.25, -0.2) is 0 Å². The second kappa shape index (κ2) is 7.70. The van der Waals surface area contributed by atoms with Gasteiger partial charge in [-0.3, -0.25) is 4.68 Å². The fraction of sp³-hybridized carbons (Fsp3) is 0.238. The molecule has 0 amide bonds. The predicted octanol–water partition coefficient (Wildman–Crippen LogP) is 4.97. The third-order valence-corrected chi connectivity index (χ3v) is 4.76. The summed E-state index contributed by atoms with van der Waals surface area (Å²) >= 11 is 5.49. The minimum atomic E-state index is 0.568. The molecule has 0 radical (unpaired) electrons. The normalized spacial score (nSPS) is 10.6. The van der Waals surface area contributed by atoms with E-state index in [1.54, 1.807) is 0 Å². The van der Waals surface area contributed by atoms with E-state index in [2.05, 4.69) is 60.8 Å². The number of benzene rings is 2. The smallest absolute Gasteiger partial charge is 0.175 e. The van der Waals surface area contributed by atoms with Gasteiger partial charge in [0.1, 0.15) is 0 Å². The second-order valence-corrected chi connectivity index (χ2v) is 6.98. The Morgan fingerprint density at radius 1 is 0.962 bits per heavy atom. The second-order valence-electron chi connectivity index (χ2n) is 6.57. The Hall–Kier alpha value is -2.66. The number of anilines is 2. The molecular weight excluding hydrogens is 340 g/mol. The summed E-state index contributed by atoms with van der Waals surface area (Å²) in [5.41, 5.74) is 7.67. The van der Waals surface area contributed by atoms with Gasteiger partial charge < -0.3 is 10.6 Å². The number of hydrogen-bond donors (Lipinski definition) is 2. The molecule has 3 rings (SSSR count). The van der Waals surface area contributed by atoms with E-state index in [-0.39, 0.29) is 0 Å². The van der Waals surface area contributed by atoms with Crippen molar-refractivity contribution in [3.8, 4) is 0 Å². The van der Waals surface area contributed by atoms with Crippen LogP contribution in [0.15, 0.2) is 48.5 Å². The van der Waals surface area contributed by atoms with E-state index < -0.39 is 0 Å². The molecule has 0 saturated heterocycles. The van der Waals surface area contributed by atoms with Gasteiger partial charge in [-0.15, -0.1) is 0 Å². The highest BCUT2D eigenvalue weighted by atomic mass is 32.1. The van der Waals surface area contributed by atoms with Crippen LogP contribution in [0.25, 0.3) is 0 Å². The monoisotopic (exact) mass is 364 g/mol. The number of hydrogen-bond acceptors (Lipinski definition) is 2. The lowest BCUT2D eigenvalue weighted by atomic mass is 10.1. The quantitative estimate of drug-likeness (QED) is 0.641. The molecule has 0 spiro atoms. The lowest BCUT2D eigenvalue weighted by Gasteiger charge is -2.12. The van der Waals surface area contributed by atoms with E-state index in [0.717, 1.165) is 29.3 Å². The summed E-state index contributed by atoms with van der Waals surface area (Å²) in [6, 6.07) is 16.6. The molecule has 3 aromatic rings. The van der Waals surface area contributed by atoms with E-state index in [1.165, 1.54) is 16.7 Å². The Morgan fingerprint density at radius 3 is 2.38 bits per heavy atom. The van der Waals surface area contributed by atoms with Crippen LogP contribution < -0.4 is 10.6 Å². The summed E-state index contributed by atoms with van der Waals surface area (Å²) in [6.45, 7) is 8.99. The van der Waals surface area contributed by atoms with E-state index >= 15 is 0 Å². The molecule has 2 N–H and O–H groups in total. The number of thiocarbonyl (C=S) groups is 1. The predicted molar refractivity (Wildman–Crippen MR) is 113 cm³/mol. The van der Waals surface area contributed by atoms with Crippen molar-refractivity contribution >= 4 is 28.7 Å². The van der Waals surface area contributed by atoms with Crippen molar-refractivity contribution in [3.63, 3.8) is 0 Å². The molecule has 2 aromatic carbocycles. The summed E-state index contributed by atoms with van der Waals surface area (Å²) in [5.74, 6) is 0. The van der Waals surface area contributed by atoms with Crippen LogP contribution in [0.5, 0.6) is 0 Å². The molecule has 0 unspecified atom stereocenters. The first-order chi connectivity index (χ1) is 12.4. The summed E-state index contributed by atoms with van der Waals surface area (Å²) in [5, 5.41) is 11.8. The number of nitrogens with zero attached hydrogens (tertiary/aromatic N) is 2. The van der Waals surface area contributed by atoms with Crippen molar-refractivity contribution in [1.82, 2.24) is 9.78 Å². The maximum absolute atomic E-state index is 5.49. The highest BCUT2D eigenvalue weighted by Crippen LogP contribution is 2.21. The van der Waals surface area contributed by atoms with Crippen LogP contribution in [-0.4, -0.2) is 14.9 Å². The van der Waals surface area contributed by atoms with Crippen molar-refractivity contribution < 1.29 is 0 Å². The van der Waals surface area contributed by atoms with E-state index in [4.69, 9.17) is 12.2 Å². The standard InChI is InChI=1S/C21H24N4S/c1-14-10-11-19(12-15(14)2)22-21(26)23-20-16(3)24-25(17(20)4)13-18-8-6-5-7-9-18/h5-12H,13H2,1-4H3,(H2,22,23,26). The maximum Gasteiger partial charge on any atom is 0.175 e. The van der Waals surface area contributed by atoms with Crippen LogP contribution in [0.3, 0.4) is 0 Å². The zero-order chi connectivity index (χ0) is 18.7. The van der Waals surface area contributed by atoms with Gasteiger partial charge in [0.05, 0.1) is 23.6 Å². The van der Waals surface area contributed by atoms with Crippen LogP contribution in [0.1, 0.15) is 28.1 Å². The maximum atomic E-state index is 5.49. The van der Waals surface area contributed by atoms with Crippen molar-refractivity contribution in [1.29, 1.82) is 0 Å². The molecule has 134 valence electrons. The summed E-state index contributed by atoms with van der Waals surface area (Å²) in [6.07, 6.45) is 0. The fourth-order valence-electron chi connectivity index (χ4n) is 2.88. The van der Waals surface area contributed by atoms with Crippen molar-refractivity contribution in [2.24, 2.45) is 0 Å². The Morgan fingerprint density at radius 2 is 1.69 bits per heavy atom. The Bertz CT molecular complexity index is 929. The van der Waals surface area contributed by atoms with Gasteiger partial charge in [0.15, 0.2) is 5.11 Å². The lowest BCUT2D eigenvalue weighted by Crippen LogP contribution is -2.20. The molecule has 0 bridgehead atoms. The van der Waals surface area contributed by atoms with Crippen LogP contribution in [0.2, 0.25) is 0 Å². The molecule has 0 atom stereocenters. The Balaban J connectivity index is 1.73. The Labute approximate surface area is 160 Å². The summed E-state index contributed by atoms with van der Waals surface area (Å²) in [7, 11) is 0. The Kier molecular flexibility index (Phi) is 5.38. The van der Waals surface area contributed by atoms with Crippen LogP contribution in [-0.2, 0) is 6.54 Å². The molecule has 0 fully saturated rings. The third kappa shape index (κ3) is 4.11. The highest BCUT2D eigenvalue weighted by molar-refractivity contribution is 7.80. The van der Waals surface area contributed by atoms with Crippen molar-refractivity contribution in [2.75, 3.05) is 10.6 Å². The first kappa shape index (κ1) is 18.1. The van der Waals surface area contributed by atoms with Gasteiger partial charge in [0, 0.05) is 5.69 Å². The minimum Gasteiger partial charge on any atom is -0.332 e. The fourth-order valence-corrected chi connectivity index (χ4v) is 3.10. The van der Waals surface area contributed by atoms with Gasteiger partial charge in [-0.05, 0) is 68.7 Å². The first-order valence-corrected chi connectivity index (χ1v) is 9.08. The van der Waals surface area contributed by atoms with Crippen molar-refractivity contribution in [2.45, 2.75) is 34.2 Å². The van der Waals surface area contributed by atoms with Gasteiger partial charge in [0.25, 0.3) is 0 Å². The molecule has 0 aliphatic carbocycles. The summed E-state index contributed by atoms with van der Waals surface area (Å²) < 4.78 is 2.01. The van der Waals surface area contributed by atoms with Gasteiger partial charge in [-0.1, -0.05) is 36.4 Å². The van der Waals surface area contributed by atoms with Gasteiger partial charge >= 0.3 is 0 Å². The topological polar surface area (TPSA) is 41.9 Å². The van der Waals surface area contributed by atoms with E-state index in [1.807, 2.05) is 35.9 Å². The van der Waals surface area contributed by atoms with Gasteiger partial charge in [0.2, 0.25) is 0 Å². The van der Waals surface area contributed by atoms with E-state index in [0.29, 0.717) is 5.11 Å². The SMILES string of the molecule is Cc1ccc(NC(=S)Nc2c(C)nn(Cc3ccccc3)c2C)cc1C. The molecule has 26 heavy (non-hydrogen) atoms. The number of nitrogens with one attached hydrogen (secondary N) is 2. The summed E-state index contributed by atoms with van der Waals surface area (Å²) in [4.78, 5) is 0. The molecule has 5 heteroatoms. The zero-order valence-corrected chi connectivity index (χ0v) is 16.4. The molecule has 0 saturated carbocycles. The minimum absolute atomic E-state index is 0.568. The van der Waals surface area contributed by atoms with Crippen LogP contribution >= 0.6 is 12.2 Å². The largest absolute Gasteiger partial charge is 0.332 e. The molecular formula is C21H24N4S. The van der Waals surface area contributed by atoms with Crippen LogP contribution in [0, 0.1) is 27.7 Å². The lowest BCUT2D eigenvalue weighted by molar-refractivity contribution is 0.659. The van der Waals surface area contributed by atoms with Gasteiger partial charge in [-0.2, -0.15) is 5.10 Å².